The number of rotatable bonds is 6. The largest absolute Gasteiger partial charge is 0.455 e. The molecular weight excluding hydrogens is 378 g/mol. The van der Waals surface area contributed by atoms with E-state index in [2.05, 4.69) is 27.3 Å². The molecule has 1 aliphatic carbocycles. The Hall–Kier alpha value is -2.16. The van der Waals surface area contributed by atoms with Crippen LogP contribution < -0.4 is 5.32 Å². The van der Waals surface area contributed by atoms with Crippen LogP contribution in [0.2, 0.25) is 0 Å². The molecule has 0 aromatic carbocycles. The Morgan fingerprint density at radius 2 is 2.00 bits per heavy atom. The summed E-state index contributed by atoms with van der Waals surface area (Å²) in [6.45, 7) is 5.60. The third-order valence-corrected chi connectivity index (χ3v) is 5.89. The van der Waals surface area contributed by atoms with Crippen molar-refractivity contribution in [3.05, 3.63) is 17.0 Å². The number of aromatic nitrogens is 4. The van der Waals surface area contributed by atoms with Crippen molar-refractivity contribution in [3.8, 4) is 0 Å². The number of carbonyl (C=O) groups is 2. The van der Waals surface area contributed by atoms with E-state index in [9.17, 15) is 9.59 Å². The van der Waals surface area contributed by atoms with Gasteiger partial charge in [0, 0.05) is 23.0 Å². The van der Waals surface area contributed by atoms with Gasteiger partial charge in [-0.3, -0.25) is 9.59 Å². The Morgan fingerprint density at radius 3 is 2.71 bits per heavy atom. The van der Waals surface area contributed by atoms with E-state index in [4.69, 9.17) is 4.74 Å². The molecule has 28 heavy (non-hydrogen) atoms. The third kappa shape index (κ3) is 4.63. The van der Waals surface area contributed by atoms with Crippen molar-refractivity contribution >= 4 is 29.4 Å². The number of hydrogen-bond acceptors (Lipinski definition) is 7. The summed E-state index contributed by atoms with van der Waals surface area (Å²) in [5, 5.41) is 7.99. The molecule has 2 aromatic rings. The number of aryl methyl sites for hydroxylation is 2. The van der Waals surface area contributed by atoms with E-state index in [1.54, 1.807) is 4.52 Å². The number of amides is 1. The average molecular weight is 406 g/mol. The molecule has 2 atom stereocenters. The van der Waals surface area contributed by atoms with Crippen molar-refractivity contribution in [2.75, 3.05) is 12.9 Å². The minimum Gasteiger partial charge on any atom is -0.455 e. The van der Waals surface area contributed by atoms with E-state index >= 15 is 0 Å². The first kappa shape index (κ1) is 20.6. The molecule has 2 aromatic heterocycles. The Labute approximate surface area is 168 Å². The highest BCUT2D eigenvalue weighted by Gasteiger charge is 2.23. The number of nitrogens with zero attached hydrogens (tertiary/aromatic N) is 4. The number of carbonyl (C=O) groups excluding carboxylic acids is 2. The van der Waals surface area contributed by atoms with Crippen LogP contribution in [-0.2, 0) is 20.7 Å². The number of hydrogen-bond donors (Lipinski definition) is 1. The van der Waals surface area contributed by atoms with Crippen molar-refractivity contribution in [2.24, 2.45) is 5.92 Å². The number of fused-ring (bicyclic) bond motifs is 1. The summed E-state index contributed by atoms with van der Waals surface area (Å²) >= 11 is 1.44. The zero-order valence-electron chi connectivity index (χ0n) is 16.8. The highest BCUT2D eigenvalue weighted by molar-refractivity contribution is 7.98. The van der Waals surface area contributed by atoms with E-state index in [0.717, 1.165) is 30.5 Å². The number of thioether (sulfide) groups is 1. The van der Waals surface area contributed by atoms with E-state index in [1.165, 1.54) is 18.2 Å². The van der Waals surface area contributed by atoms with Crippen molar-refractivity contribution < 1.29 is 14.3 Å². The van der Waals surface area contributed by atoms with Crippen LogP contribution >= 0.6 is 11.8 Å². The number of esters is 1. The zero-order valence-corrected chi connectivity index (χ0v) is 17.6. The van der Waals surface area contributed by atoms with Gasteiger partial charge in [0.2, 0.25) is 5.16 Å². The zero-order chi connectivity index (χ0) is 20.3. The van der Waals surface area contributed by atoms with Crippen LogP contribution in [0.3, 0.4) is 0 Å². The van der Waals surface area contributed by atoms with Crippen molar-refractivity contribution in [1.82, 2.24) is 24.9 Å². The summed E-state index contributed by atoms with van der Waals surface area (Å²) < 4.78 is 6.84. The fourth-order valence-corrected chi connectivity index (χ4v) is 3.99. The minimum atomic E-state index is -0.454. The first-order chi connectivity index (χ1) is 13.4. The molecule has 2 unspecified atom stereocenters. The second kappa shape index (κ2) is 8.89. The molecule has 0 radical (unpaired) electrons. The van der Waals surface area contributed by atoms with Gasteiger partial charge in [0.25, 0.3) is 11.7 Å². The summed E-state index contributed by atoms with van der Waals surface area (Å²) in [5.74, 6) is 0.280. The molecule has 2 heterocycles. The van der Waals surface area contributed by atoms with Crippen LogP contribution in [0.15, 0.2) is 5.16 Å². The summed E-state index contributed by atoms with van der Waals surface area (Å²) in [5.41, 5.74) is 2.26. The van der Waals surface area contributed by atoms with Gasteiger partial charge in [-0.1, -0.05) is 31.5 Å². The van der Waals surface area contributed by atoms with Gasteiger partial charge in [-0.25, -0.2) is 9.50 Å². The monoisotopic (exact) mass is 405 g/mol. The Balaban J connectivity index is 1.59. The average Bonchev–Trinajstić information content (AvgIpc) is 3.08. The first-order valence-electron chi connectivity index (χ1n) is 9.61. The summed E-state index contributed by atoms with van der Waals surface area (Å²) in [6.07, 6.45) is 6.39. The second-order valence-electron chi connectivity index (χ2n) is 7.34. The SMILES string of the molecule is CSc1nc2nc(C)c(CC(=O)OCC(=O)NC3CCCCC3C)c(C)n2n1. The fraction of sp³-hybridized carbons (Fsp3) is 0.632. The molecule has 8 nitrogen and oxygen atoms in total. The maximum Gasteiger partial charge on any atom is 0.310 e. The quantitative estimate of drug-likeness (QED) is 0.581. The lowest BCUT2D eigenvalue weighted by atomic mass is 9.86. The molecular formula is C19H27N5O3S. The molecule has 0 aliphatic heterocycles. The van der Waals surface area contributed by atoms with Crippen LogP contribution in [0.25, 0.3) is 5.78 Å². The standard InChI is InChI=1S/C19H27N5O3S/c1-11-7-5-6-8-15(11)21-16(25)10-27-17(26)9-14-12(2)20-18-22-19(28-4)23-24(18)13(14)3/h11,15H,5-10H2,1-4H3,(H,21,25). The Morgan fingerprint density at radius 1 is 1.25 bits per heavy atom. The molecule has 3 rings (SSSR count). The smallest absolute Gasteiger partial charge is 0.310 e. The van der Waals surface area contributed by atoms with Crippen molar-refractivity contribution in [1.29, 1.82) is 0 Å². The van der Waals surface area contributed by atoms with Gasteiger partial charge >= 0.3 is 5.97 Å². The molecule has 0 spiro atoms. The summed E-state index contributed by atoms with van der Waals surface area (Å²) in [7, 11) is 0. The predicted octanol–water partition coefficient (Wildman–Crippen LogP) is 2.24. The molecule has 1 N–H and O–H groups in total. The van der Waals surface area contributed by atoms with Gasteiger partial charge in [-0.2, -0.15) is 4.98 Å². The Bertz CT molecular complexity index is 882. The fourth-order valence-electron chi connectivity index (χ4n) is 3.65. The molecule has 0 saturated heterocycles. The van der Waals surface area contributed by atoms with Crippen LogP contribution in [-0.4, -0.2) is 50.4 Å². The van der Waals surface area contributed by atoms with Crippen molar-refractivity contribution in [3.63, 3.8) is 0 Å². The van der Waals surface area contributed by atoms with Gasteiger partial charge in [0.05, 0.1) is 6.42 Å². The van der Waals surface area contributed by atoms with E-state index in [0.29, 0.717) is 22.5 Å². The number of nitrogens with one attached hydrogen (secondary N) is 1. The van der Waals surface area contributed by atoms with Gasteiger partial charge < -0.3 is 10.1 Å². The molecule has 0 bridgehead atoms. The summed E-state index contributed by atoms with van der Waals surface area (Å²) in [4.78, 5) is 33.2. The first-order valence-corrected chi connectivity index (χ1v) is 10.8. The maximum atomic E-state index is 12.3. The van der Waals surface area contributed by atoms with Crippen LogP contribution in [0.1, 0.15) is 49.6 Å². The third-order valence-electron chi connectivity index (χ3n) is 5.36. The molecule has 1 fully saturated rings. The lowest BCUT2D eigenvalue weighted by Gasteiger charge is -2.29. The van der Waals surface area contributed by atoms with E-state index < -0.39 is 5.97 Å². The van der Waals surface area contributed by atoms with Gasteiger partial charge in [0.1, 0.15) is 0 Å². The van der Waals surface area contributed by atoms with Crippen LogP contribution in [0.4, 0.5) is 0 Å². The normalized spacial score (nSPS) is 19.6. The topological polar surface area (TPSA) is 98.5 Å². The minimum absolute atomic E-state index is 0.0438. The lowest BCUT2D eigenvalue weighted by molar-refractivity contribution is -0.148. The van der Waals surface area contributed by atoms with Gasteiger partial charge in [0.15, 0.2) is 6.61 Å². The molecule has 1 saturated carbocycles. The molecule has 1 amide bonds. The lowest BCUT2D eigenvalue weighted by Crippen LogP contribution is -2.43. The molecule has 152 valence electrons. The van der Waals surface area contributed by atoms with Gasteiger partial charge in [-0.15, -0.1) is 5.10 Å². The second-order valence-corrected chi connectivity index (χ2v) is 8.12. The Kier molecular flexibility index (Phi) is 6.53. The molecule has 9 heteroatoms. The van der Waals surface area contributed by atoms with E-state index in [-0.39, 0.29) is 25.0 Å². The van der Waals surface area contributed by atoms with Crippen LogP contribution in [0.5, 0.6) is 0 Å². The van der Waals surface area contributed by atoms with Crippen LogP contribution in [0, 0.1) is 19.8 Å². The number of ether oxygens (including phenoxy) is 1. The highest BCUT2D eigenvalue weighted by atomic mass is 32.2. The summed E-state index contributed by atoms with van der Waals surface area (Å²) in [6, 6.07) is 0.175. The van der Waals surface area contributed by atoms with Crippen molar-refractivity contribution in [2.45, 2.75) is 64.1 Å². The highest BCUT2D eigenvalue weighted by Crippen LogP contribution is 2.23. The molecule has 1 aliphatic rings. The predicted molar refractivity (Wildman–Crippen MR) is 106 cm³/mol. The maximum absolute atomic E-state index is 12.3. The van der Waals surface area contributed by atoms with E-state index in [1.807, 2.05) is 20.1 Å². The van der Waals surface area contributed by atoms with Gasteiger partial charge in [-0.05, 0) is 38.9 Å².